The number of carbonyl (C=O) groups is 3. The summed E-state index contributed by atoms with van der Waals surface area (Å²) in [5, 5.41) is 2.79. The van der Waals surface area contributed by atoms with Gasteiger partial charge in [0.05, 0.1) is 11.3 Å². The van der Waals surface area contributed by atoms with Gasteiger partial charge < -0.3 is 15.1 Å². The number of hydrogen-bond donors (Lipinski definition) is 1. The van der Waals surface area contributed by atoms with Crippen LogP contribution in [-0.2, 0) is 9.59 Å². The second-order valence-corrected chi connectivity index (χ2v) is 8.07. The van der Waals surface area contributed by atoms with Crippen LogP contribution >= 0.6 is 0 Å². The van der Waals surface area contributed by atoms with Gasteiger partial charge in [-0.1, -0.05) is 26.0 Å². The Morgan fingerprint density at radius 3 is 2.60 bits per heavy atom. The second kappa shape index (κ2) is 7.89. The third kappa shape index (κ3) is 3.67. The normalized spacial score (nSPS) is 18.3. The number of anilines is 2. The molecule has 1 N–H and O–H groups in total. The van der Waals surface area contributed by atoms with Crippen molar-refractivity contribution in [3.8, 4) is 0 Å². The van der Waals surface area contributed by atoms with Gasteiger partial charge in [-0.25, -0.2) is 4.39 Å². The van der Waals surface area contributed by atoms with Crippen molar-refractivity contribution in [3.05, 3.63) is 59.4 Å². The number of nitrogens with zero attached hydrogens (tertiary/aromatic N) is 2. The SMILES string of the molecule is CC(C)c1ccc(NC(=O)CN2C(=O)[C@@H]3CCCN3C(=O)c3ccc(F)cc32)cc1. The molecule has 7 heteroatoms. The third-order valence-corrected chi connectivity index (χ3v) is 5.71. The van der Waals surface area contributed by atoms with Gasteiger partial charge in [0.25, 0.3) is 5.91 Å². The number of benzene rings is 2. The lowest BCUT2D eigenvalue weighted by molar-refractivity contribution is -0.124. The van der Waals surface area contributed by atoms with Crippen molar-refractivity contribution in [2.45, 2.75) is 38.6 Å². The van der Waals surface area contributed by atoms with Crippen molar-refractivity contribution in [3.63, 3.8) is 0 Å². The van der Waals surface area contributed by atoms with E-state index in [1.807, 2.05) is 24.3 Å². The van der Waals surface area contributed by atoms with Gasteiger partial charge in [0.15, 0.2) is 0 Å². The average Bonchev–Trinajstić information content (AvgIpc) is 3.19. The lowest BCUT2D eigenvalue weighted by atomic mass is 10.0. The van der Waals surface area contributed by atoms with Gasteiger partial charge in [-0.05, 0) is 54.7 Å². The van der Waals surface area contributed by atoms with Gasteiger partial charge in [-0.3, -0.25) is 14.4 Å². The molecule has 30 heavy (non-hydrogen) atoms. The smallest absolute Gasteiger partial charge is 0.256 e. The number of halogens is 1. The van der Waals surface area contributed by atoms with Crippen LogP contribution < -0.4 is 10.2 Å². The molecule has 1 atom stereocenters. The minimum absolute atomic E-state index is 0.143. The van der Waals surface area contributed by atoms with Crippen LogP contribution in [0.2, 0.25) is 0 Å². The lowest BCUT2D eigenvalue weighted by Gasteiger charge is -2.25. The van der Waals surface area contributed by atoms with Crippen molar-refractivity contribution in [1.29, 1.82) is 0 Å². The molecule has 3 amide bonds. The van der Waals surface area contributed by atoms with Crippen molar-refractivity contribution < 1.29 is 18.8 Å². The molecule has 2 aliphatic heterocycles. The molecule has 0 bridgehead atoms. The summed E-state index contributed by atoms with van der Waals surface area (Å²) in [4.78, 5) is 41.6. The Labute approximate surface area is 174 Å². The summed E-state index contributed by atoms with van der Waals surface area (Å²) in [7, 11) is 0. The van der Waals surface area contributed by atoms with Crippen molar-refractivity contribution in [2.24, 2.45) is 0 Å². The first kappa shape index (κ1) is 20.1. The molecule has 2 aliphatic rings. The Morgan fingerprint density at radius 1 is 1.17 bits per heavy atom. The molecule has 0 spiro atoms. The first-order chi connectivity index (χ1) is 14.3. The highest BCUT2D eigenvalue weighted by atomic mass is 19.1. The van der Waals surface area contributed by atoms with E-state index in [2.05, 4.69) is 19.2 Å². The zero-order valence-corrected chi connectivity index (χ0v) is 17.0. The minimum Gasteiger partial charge on any atom is -0.327 e. The van der Waals surface area contributed by atoms with Gasteiger partial charge in [0, 0.05) is 12.2 Å². The molecule has 2 heterocycles. The zero-order valence-electron chi connectivity index (χ0n) is 17.0. The summed E-state index contributed by atoms with van der Waals surface area (Å²) in [6.07, 6.45) is 1.26. The highest BCUT2D eigenvalue weighted by Gasteiger charge is 2.42. The van der Waals surface area contributed by atoms with Crippen LogP contribution in [-0.4, -0.2) is 41.8 Å². The molecule has 6 nitrogen and oxygen atoms in total. The predicted octanol–water partition coefficient (Wildman–Crippen LogP) is 3.54. The fourth-order valence-electron chi connectivity index (χ4n) is 4.09. The molecular weight excluding hydrogens is 385 g/mol. The minimum atomic E-state index is -0.619. The van der Waals surface area contributed by atoms with Crippen LogP contribution in [0, 0.1) is 5.82 Å². The van der Waals surface area contributed by atoms with E-state index in [-0.39, 0.29) is 29.6 Å². The number of hydrogen-bond acceptors (Lipinski definition) is 3. The van der Waals surface area contributed by atoms with Crippen LogP contribution in [0.4, 0.5) is 15.8 Å². The van der Waals surface area contributed by atoms with Crippen LogP contribution in [0.25, 0.3) is 0 Å². The first-order valence-corrected chi connectivity index (χ1v) is 10.2. The summed E-state index contributed by atoms with van der Waals surface area (Å²) in [6.45, 7) is 4.36. The summed E-state index contributed by atoms with van der Waals surface area (Å²) in [5.41, 5.74) is 2.15. The third-order valence-electron chi connectivity index (χ3n) is 5.71. The molecule has 0 aromatic heterocycles. The molecule has 0 aliphatic carbocycles. The number of rotatable bonds is 4. The van der Waals surface area contributed by atoms with Gasteiger partial charge in [0.2, 0.25) is 11.8 Å². The molecule has 0 radical (unpaired) electrons. The van der Waals surface area contributed by atoms with E-state index in [1.54, 1.807) is 0 Å². The van der Waals surface area contributed by atoms with E-state index in [0.717, 1.165) is 18.1 Å². The van der Waals surface area contributed by atoms with E-state index >= 15 is 0 Å². The number of carbonyl (C=O) groups excluding carboxylic acids is 3. The first-order valence-electron chi connectivity index (χ1n) is 10.2. The van der Waals surface area contributed by atoms with E-state index in [0.29, 0.717) is 24.6 Å². The Hall–Kier alpha value is -3.22. The fraction of sp³-hybridized carbons (Fsp3) is 0.348. The highest BCUT2D eigenvalue weighted by Crippen LogP contribution is 2.33. The summed E-state index contributed by atoms with van der Waals surface area (Å²) in [5.74, 6) is -1.24. The molecule has 156 valence electrons. The molecule has 1 saturated heterocycles. The molecule has 2 aromatic rings. The zero-order chi connectivity index (χ0) is 21.4. The molecule has 1 fully saturated rings. The number of amides is 3. The Bertz CT molecular complexity index is 1000. The van der Waals surface area contributed by atoms with Crippen LogP contribution in [0.5, 0.6) is 0 Å². The van der Waals surface area contributed by atoms with E-state index in [9.17, 15) is 18.8 Å². The maximum Gasteiger partial charge on any atom is 0.256 e. The Morgan fingerprint density at radius 2 is 1.90 bits per heavy atom. The fourth-order valence-corrected chi connectivity index (χ4v) is 4.09. The largest absolute Gasteiger partial charge is 0.327 e. The molecule has 2 aromatic carbocycles. The van der Waals surface area contributed by atoms with Crippen molar-refractivity contribution in [1.82, 2.24) is 4.90 Å². The monoisotopic (exact) mass is 409 g/mol. The lowest BCUT2D eigenvalue weighted by Crippen LogP contribution is -2.47. The number of nitrogens with one attached hydrogen (secondary N) is 1. The van der Waals surface area contributed by atoms with Gasteiger partial charge in [-0.2, -0.15) is 0 Å². The van der Waals surface area contributed by atoms with E-state index < -0.39 is 17.8 Å². The summed E-state index contributed by atoms with van der Waals surface area (Å²) < 4.78 is 14.0. The maximum atomic E-state index is 14.0. The topological polar surface area (TPSA) is 69.7 Å². The van der Waals surface area contributed by atoms with Crippen LogP contribution in [0.15, 0.2) is 42.5 Å². The summed E-state index contributed by atoms with van der Waals surface area (Å²) >= 11 is 0. The maximum absolute atomic E-state index is 14.0. The summed E-state index contributed by atoms with van der Waals surface area (Å²) in [6, 6.07) is 10.6. The molecule has 0 saturated carbocycles. The van der Waals surface area contributed by atoms with Gasteiger partial charge in [0.1, 0.15) is 18.4 Å². The molecular formula is C23H24FN3O3. The average molecular weight is 409 g/mol. The van der Waals surface area contributed by atoms with E-state index in [4.69, 9.17) is 0 Å². The number of fused-ring (bicyclic) bond motifs is 2. The van der Waals surface area contributed by atoms with Gasteiger partial charge in [-0.15, -0.1) is 0 Å². The Kier molecular flexibility index (Phi) is 5.28. The van der Waals surface area contributed by atoms with E-state index in [1.165, 1.54) is 21.9 Å². The van der Waals surface area contributed by atoms with Crippen LogP contribution in [0.1, 0.15) is 48.5 Å². The van der Waals surface area contributed by atoms with Gasteiger partial charge >= 0.3 is 0 Å². The second-order valence-electron chi connectivity index (χ2n) is 8.07. The quantitative estimate of drug-likeness (QED) is 0.840. The van der Waals surface area contributed by atoms with Crippen LogP contribution in [0.3, 0.4) is 0 Å². The molecule has 0 unspecified atom stereocenters. The van der Waals surface area contributed by atoms with Crippen molar-refractivity contribution >= 4 is 29.1 Å². The molecule has 4 rings (SSSR count). The standard InChI is InChI=1S/C23H24FN3O3/c1-14(2)15-5-8-17(9-6-15)25-21(28)13-27-20-12-16(24)7-10-18(20)22(29)26-11-3-4-19(26)23(27)30/h5-10,12,14,19H,3-4,11,13H2,1-2H3,(H,25,28)/t19-/m0/s1. The predicted molar refractivity (Wildman–Crippen MR) is 112 cm³/mol. The highest BCUT2D eigenvalue weighted by molar-refractivity contribution is 6.13. The van der Waals surface area contributed by atoms with Crippen molar-refractivity contribution in [2.75, 3.05) is 23.3 Å². The Balaban J connectivity index is 1.60.